The lowest BCUT2D eigenvalue weighted by Gasteiger charge is -2.28. The van der Waals surface area contributed by atoms with Gasteiger partial charge in [0.25, 0.3) is 0 Å². The maximum Gasteiger partial charge on any atom is 0.192 e. The van der Waals surface area contributed by atoms with Crippen LogP contribution < -0.4 is 15.4 Å². The van der Waals surface area contributed by atoms with E-state index in [-0.39, 0.29) is 30.0 Å². The number of hydrogen-bond donors (Lipinski definition) is 2. The van der Waals surface area contributed by atoms with Gasteiger partial charge in [0.1, 0.15) is 23.1 Å². The molecular weight excluding hydrogens is 525 g/mol. The van der Waals surface area contributed by atoms with Crippen molar-refractivity contribution < 1.29 is 4.74 Å². The normalized spacial score (nSPS) is 15.6. The summed E-state index contributed by atoms with van der Waals surface area (Å²) in [4.78, 5) is 10.7. The molecule has 166 valence electrons. The summed E-state index contributed by atoms with van der Waals surface area (Å²) in [5, 5.41) is 16.4. The molecule has 0 bridgehead atoms. The maximum atomic E-state index is 5.80. The van der Waals surface area contributed by atoms with Crippen molar-refractivity contribution in [3.8, 4) is 5.75 Å². The van der Waals surface area contributed by atoms with E-state index in [0.29, 0.717) is 19.7 Å². The van der Waals surface area contributed by atoms with Gasteiger partial charge in [0, 0.05) is 23.9 Å². The van der Waals surface area contributed by atoms with E-state index in [0.717, 1.165) is 46.0 Å². The van der Waals surface area contributed by atoms with E-state index in [4.69, 9.17) is 9.73 Å². The van der Waals surface area contributed by atoms with Crippen molar-refractivity contribution in [2.75, 3.05) is 6.61 Å². The Morgan fingerprint density at radius 2 is 2.06 bits per heavy atom. The number of fused-ring (bicyclic) bond motifs is 1. The SMILES string of the molecule is Cc1nc(CNC(=NCc2nnc(C)n2C)NC2CCOc3ccccc32)sc1C.I. The molecule has 0 saturated carbocycles. The Kier molecular flexibility index (Phi) is 7.87. The molecule has 8 nitrogen and oxygen atoms in total. The molecule has 0 radical (unpaired) electrons. The van der Waals surface area contributed by atoms with Gasteiger partial charge in [0.15, 0.2) is 11.8 Å². The molecule has 2 N–H and O–H groups in total. The predicted molar refractivity (Wildman–Crippen MR) is 133 cm³/mol. The number of aliphatic imine (C=N–C) groups is 1. The average Bonchev–Trinajstić information content (AvgIpc) is 3.25. The van der Waals surface area contributed by atoms with Crippen LogP contribution in [-0.2, 0) is 20.1 Å². The number of hydrogen-bond acceptors (Lipinski definition) is 6. The zero-order valence-corrected chi connectivity index (χ0v) is 21.3. The van der Waals surface area contributed by atoms with Crippen molar-refractivity contribution in [1.82, 2.24) is 30.4 Å². The molecule has 0 aliphatic carbocycles. The Labute approximate surface area is 203 Å². The number of thiazole rings is 1. The lowest BCUT2D eigenvalue weighted by Crippen LogP contribution is -2.41. The number of nitrogens with zero attached hydrogens (tertiary/aromatic N) is 5. The summed E-state index contributed by atoms with van der Waals surface area (Å²) in [6, 6.07) is 8.27. The van der Waals surface area contributed by atoms with Crippen molar-refractivity contribution >= 4 is 41.3 Å². The molecule has 3 aromatic rings. The largest absolute Gasteiger partial charge is 0.493 e. The molecule has 10 heteroatoms. The second-order valence-electron chi connectivity index (χ2n) is 7.36. The summed E-state index contributed by atoms with van der Waals surface area (Å²) < 4.78 is 7.75. The van der Waals surface area contributed by atoms with Crippen LogP contribution >= 0.6 is 35.3 Å². The standard InChI is InChI=1S/C21H27N7OS.HI/c1-13-14(2)30-20(24-13)12-23-21(22-11-19-27-26-15(3)28(19)4)25-17-9-10-29-18-8-6-5-7-16(17)18;/h5-8,17H,9-12H2,1-4H3,(H2,22,23,25);1H. The van der Waals surface area contributed by atoms with Crippen LogP contribution in [0.15, 0.2) is 29.3 Å². The lowest BCUT2D eigenvalue weighted by atomic mass is 10.0. The summed E-state index contributed by atoms with van der Waals surface area (Å²) in [6.45, 7) is 7.80. The molecule has 1 unspecified atom stereocenters. The summed E-state index contributed by atoms with van der Waals surface area (Å²) in [7, 11) is 1.95. The molecule has 4 rings (SSSR count). The van der Waals surface area contributed by atoms with Gasteiger partial charge >= 0.3 is 0 Å². The second-order valence-corrected chi connectivity index (χ2v) is 8.65. The van der Waals surface area contributed by atoms with Crippen LogP contribution in [0.3, 0.4) is 0 Å². The maximum absolute atomic E-state index is 5.80. The molecule has 2 aromatic heterocycles. The Morgan fingerprint density at radius 1 is 1.26 bits per heavy atom. The quantitative estimate of drug-likeness (QED) is 0.286. The van der Waals surface area contributed by atoms with Gasteiger partial charge in [-0.25, -0.2) is 9.98 Å². The molecule has 1 aliphatic rings. The summed E-state index contributed by atoms with van der Waals surface area (Å²) >= 11 is 1.71. The number of para-hydroxylation sites is 1. The zero-order valence-electron chi connectivity index (χ0n) is 18.2. The molecule has 31 heavy (non-hydrogen) atoms. The van der Waals surface area contributed by atoms with E-state index in [9.17, 15) is 0 Å². The number of aryl methyl sites for hydroxylation is 3. The third-order valence-electron chi connectivity index (χ3n) is 5.31. The fourth-order valence-electron chi connectivity index (χ4n) is 3.32. The van der Waals surface area contributed by atoms with E-state index in [1.807, 2.05) is 43.7 Å². The first-order valence-electron chi connectivity index (χ1n) is 10.1. The first-order chi connectivity index (χ1) is 14.5. The molecular formula is C21H28IN7OS. The highest BCUT2D eigenvalue weighted by molar-refractivity contribution is 14.0. The highest BCUT2D eigenvalue weighted by Crippen LogP contribution is 2.31. The third kappa shape index (κ3) is 5.53. The number of rotatable bonds is 5. The van der Waals surface area contributed by atoms with Gasteiger partial charge in [0.2, 0.25) is 0 Å². The van der Waals surface area contributed by atoms with Crippen molar-refractivity contribution in [3.63, 3.8) is 0 Å². The van der Waals surface area contributed by atoms with Crippen LogP contribution in [0.1, 0.15) is 45.3 Å². The minimum atomic E-state index is 0. The Morgan fingerprint density at radius 3 is 2.77 bits per heavy atom. The van der Waals surface area contributed by atoms with E-state index in [1.54, 1.807) is 11.3 Å². The van der Waals surface area contributed by atoms with Crippen LogP contribution in [-0.4, -0.2) is 32.3 Å². The van der Waals surface area contributed by atoms with Crippen LogP contribution in [0.4, 0.5) is 0 Å². The van der Waals surface area contributed by atoms with Crippen LogP contribution in [0.5, 0.6) is 5.75 Å². The van der Waals surface area contributed by atoms with E-state index in [2.05, 4.69) is 38.8 Å². The van der Waals surface area contributed by atoms with Crippen molar-refractivity contribution in [1.29, 1.82) is 0 Å². The highest BCUT2D eigenvalue weighted by atomic mass is 127. The summed E-state index contributed by atoms with van der Waals surface area (Å²) in [6.07, 6.45) is 0.871. The number of guanidine groups is 1. The number of aromatic nitrogens is 4. The molecule has 0 spiro atoms. The van der Waals surface area contributed by atoms with E-state index < -0.39 is 0 Å². The van der Waals surface area contributed by atoms with Gasteiger partial charge in [-0.1, -0.05) is 18.2 Å². The van der Waals surface area contributed by atoms with Gasteiger partial charge in [-0.15, -0.1) is 45.5 Å². The zero-order chi connectivity index (χ0) is 21.1. The first kappa shape index (κ1) is 23.5. The molecule has 1 aliphatic heterocycles. The number of ether oxygens (including phenoxy) is 1. The Bertz CT molecular complexity index is 1040. The van der Waals surface area contributed by atoms with E-state index in [1.165, 1.54) is 4.88 Å². The third-order valence-corrected chi connectivity index (χ3v) is 6.38. The number of halogens is 1. The average molecular weight is 553 g/mol. The fourth-order valence-corrected chi connectivity index (χ4v) is 4.20. The molecule has 1 aromatic carbocycles. The van der Waals surface area contributed by atoms with Gasteiger partial charge in [-0.2, -0.15) is 0 Å². The minimum absolute atomic E-state index is 0. The second kappa shape index (κ2) is 10.4. The predicted octanol–water partition coefficient (Wildman–Crippen LogP) is 3.57. The fraction of sp³-hybridized carbons (Fsp3) is 0.429. The number of benzene rings is 1. The number of nitrogens with one attached hydrogen (secondary N) is 2. The Balaban J connectivity index is 0.00000272. The summed E-state index contributed by atoms with van der Waals surface area (Å²) in [5.41, 5.74) is 2.23. The van der Waals surface area contributed by atoms with Gasteiger partial charge in [0.05, 0.1) is 24.9 Å². The topological polar surface area (TPSA) is 89.3 Å². The van der Waals surface area contributed by atoms with Crippen molar-refractivity contribution in [2.24, 2.45) is 12.0 Å². The minimum Gasteiger partial charge on any atom is -0.493 e. The molecule has 0 amide bonds. The monoisotopic (exact) mass is 553 g/mol. The smallest absolute Gasteiger partial charge is 0.192 e. The van der Waals surface area contributed by atoms with Crippen LogP contribution in [0, 0.1) is 20.8 Å². The van der Waals surface area contributed by atoms with Gasteiger partial charge < -0.3 is 19.9 Å². The van der Waals surface area contributed by atoms with Gasteiger partial charge in [-0.3, -0.25) is 0 Å². The molecule has 0 saturated heterocycles. The molecule has 0 fully saturated rings. The molecule has 3 heterocycles. The highest BCUT2D eigenvalue weighted by Gasteiger charge is 2.22. The lowest BCUT2D eigenvalue weighted by molar-refractivity contribution is 0.261. The van der Waals surface area contributed by atoms with Crippen LogP contribution in [0.25, 0.3) is 0 Å². The summed E-state index contributed by atoms with van der Waals surface area (Å²) in [5.74, 6) is 3.34. The molecule has 1 atom stereocenters. The van der Waals surface area contributed by atoms with E-state index >= 15 is 0 Å². The van der Waals surface area contributed by atoms with Crippen molar-refractivity contribution in [3.05, 3.63) is 57.1 Å². The first-order valence-corrected chi connectivity index (χ1v) is 10.9. The van der Waals surface area contributed by atoms with Gasteiger partial charge in [-0.05, 0) is 26.8 Å². The Hall–Kier alpha value is -2.21. The van der Waals surface area contributed by atoms with Crippen LogP contribution in [0.2, 0.25) is 0 Å². The van der Waals surface area contributed by atoms with Crippen molar-refractivity contribution in [2.45, 2.75) is 46.3 Å².